The molecule has 0 bridgehead atoms. The van der Waals surface area contributed by atoms with E-state index in [4.69, 9.17) is 4.74 Å². The molecule has 0 aliphatic heterocycles. The van der Waals surface area contributed by atoms with Crippen LogP contribution in [0.5, 0.6) is 0 Å². The molecular weight excluding hydrogens is 446 g/mol. The molecule has 0 saturated carbocycles. The third-order valence-corrected chi connectivity index (χ3v) is 5.45. The third-order valence-electron chi connectivity index (χ3n) is 4.50. The summed E-state index contributed by atoms with van der Waals surface area (Å²) in [5.74, 6) is -1.03. The number of thiazole rings is 1. The molecule has 0 spiro atoms. The van der Waals surface area contributed by atoms with Crippen LogP contribution in [0.25, 0.3) is 16.9 Å². The molecule has 1 N–H and O–H groups in total. The van der Waals surface area contributed by atoms with Crippen molar-refractivity contribution < 1.29 is 19.2 Å². The predicted molar refractivity (Wildman–Crippen MR) is 122 cm³/mol. The molecule has 0 unspecified atom stereocenters. The molecular formula is C22H17N5O5S. The number of carbonyl (C=O) groups excluding carboxylic acids is 2. The number of nitro benzene ring substituents is 1. The molecule has 1 amide bonds. The second-order valence-corrected chi connectivity index (χ2v) is 7.66. The minimum Gasteiger partial charge on any atom is -0.462 e. The highest BCUT2D eigenvalue weighted by atomic mass is 32.1. The van der Waals surface area contributed by atoms with Crippen LogP contribution in [0.2, 0.25) is 0 Å². The highest BCUT2D eigenvalue weighted by Gasteiger charge is 2.22. The van der Waals surface area contributed by atoms with Crippen LogP contribution in [0.4, 0.5) is 10.8 Å². The van der Waals surface area contributed by atoms with Crippen LogP contribution in [0.1, 0.15) is 27.1 Å². The number of non-ortho nitro benzene ring substituents is 1. The van der Waals surface area contributed by atoms with E-state index < -0.39 is 16.8 Å². The van der Waals surface area contributed by atoms with Gasteiger partial charge in [-0.1, -0.05) is 41.7 Å². The van der Waals surface area contributed by atoms with Crippen molar-refractivity contribution in [2.75, 3.05) is 11.9 Å². The summed E-state index contributed by atoms with van der Waals surface area (Å²) in [7, 11) is 0. The number of aromatic nitrogens is 3. The average Bonchev–Trinajstić information content (AvgIpc) is 3.48. The third kappa shape index (κ3) is 4.77. The first kappa shape index (κ1) is 21.8. The summed E-state index contributed by atoms with van der Waals surface area (Å²) in [6, 6.07) is 16.4. The van der Waals surface area contributed by atoms with Gasteiger partial charge in [-0.25, -0.2) is 14.5 Å². The molecule has 11 heteroatoms. The molecule has 2 heterocycles. The van der Waals surface area contributed by atoms with E-state index in [-0.39, 0.29) is 28.0 Å². The van der Waals surface area contributed by atoms with Gasteiger partial charge < -0.3 is 4.74 Å². The Labute approximate surface area is 191 Å². The molecule has 0 aliphatic carbocycles. The Morgan fingerprint density at radius 3 is 2.52 bits per heavy atom. The Balaban J connectivity index is 1.56. The minimum atomic E-state index is -0.517. The standard InChI is InChI=1S/C22H17N5O5S/c1-2-32-21(29)19-18(14-6-4-3-5-7-14)23-22(33-19)24-20(28)17-12-13-26(25-17)15-8-10-16(11-9-15)27(30)31/h3-13H,2H2,1H3,(H,23,24,28). The highest BCUT2D eigenvalue weighted by molar-refractivity contribution is 7.18. The number of esters is 1. The number of carbonyl (C=O) groups is 2. The fraction of sp³-hybridized carbons (Fsp3) is 0.0909. The first-order chi connectivity index (χ1) is 16.0. The Kier molecular flexibility index (Phi) is 6.22. The Morgan fingerprint density at radius 1 is 1.12 bits per heavy atom. The highest BCUT2D eigenvalue weighted by Crippen LogP contribution is 2.32. The van der Waals surface area contributed by atoms with E-state index in [1.807, 2.05) is 30.3 Å². The zero-order chi connectivity index (χ0) is 23.4. The van der Waals surface area contributed by atoms with Gasteiger partial charge in [-0.2, -0.15) is 5.10 Å². The number of benzene rings is 2. The molecule has 0 aliphatic rings. The average molecular weight is 463 g/mol. The zero-order valence-electron chi connectivity index (χ0n) is 17.3. The van der Waals surface area contributed by atoms with Crippen LogP contribution in [0.3, 0.4) is 0 Å². The second kappa shape index (κ2) is 9.40. The summed E-state index contributed by atoms with van der Waals surface area (Å²) in [6.07, 6.45) is 1.57. The van der Waals surface area contributed by atoms with E-state index in [0.29, 0.717) is 11.4 Å². The molecule has 0 saturated heterocycles. The fourth-order valence-electron chi connectivity index (χ4n) is 2.98. The van der Waals surface area contributed by atoms with Crippen molar-refractivity contribution in [2.24, 2.45) is 0 Å². The van der Waals surface area contributed by atoms with Crippen LogP contribution >= 0.6 is 11.3 Å². The molecule has 166 valence electrons. The molecule has 0 fully saturated rings. The van der Waals surface area contributed by atoms with Gasteiger partial charge in [0.2, 0.25) is 0 Å². The smallest absolute Gasteiger partial charge is 0.350 e. The first-order valence-electron chi connectivity index (χ1n) is 9.81. The number of hydrogen-bond acceptors (Lipinski definition) is 8. The van der Waals surface area contributed by atoms with E-state index in [1.54, 1.807) is 13.1 Å². The Hall–Kier alpha value is -4.38. The number of hydrogen-bond donors (Lipinski definition) is 1. The Morgan fingerprint density at radius 2 is 1.85 bits per heavy atom. The molecule has 0 atom stereocenters. The lowest BCUT2D eigenvalue weighted by molar-refractivity contribution is -0.384. The van der Waals surface area contributed by atoms with Gasteiger partial charge in [0.25, 0.3) is 11.6 Å². The van der Waals surface area contributed by atoms with E-state index in [0.717, 1.165) is 16.9 Å². The molecule has 4 rings (SSSR count). The van der Waals surface area contributed by atoms with Gasteiger partial charge in [-0.05, 0) is 25.1 Å². The fourth-order valence-corrected chi connectivity index (χ4v) is 3.85. The lowest BCUT2D eigenvalue weighted by Crippen LogP contribution is -2.13. The van der Waals surface area contributed by atoms with Crippen LogP contribution in [0, 0.1) is 10.1 Å². The summed E-state index contributed by atoms with van der Waals surface area (Å²) >= 11 is 1.02. The van der Waals surface area contributed by atoms with Crippen molar-refractivity contribution >= 4 is 34.0 Å². The van der Waals surface area contributed by atoms with Gasteiger partial charge in [0.1, 0.15) is 4.88 Å². The van der Waals surface area contributed by atoms with Gasteiger partial charge in [0.05, 0.1) is 22.9 Å². The van der Waals surface area contributed by atoms with Gasteiger partial charge in [0.15, 0.2) is 10.8 Å². The van der Waals surface area contributed by atoms with Crippen molar-refractivity contribution in [3.8, 4) is 16.9 Å². The van der Waals surface area contributed by atoms with Gasteiger partial charge in [-0.3, -0.25) is 20.2 Å². The number of nitrogens with zero attached hydrogens (tertiary/aromatic N) is 4. The number of nitrogens with one attached hydrogen (secondary N) is 1. The first-order valence-corrected chi connectivity index (χ1v) is 10.6. The lowest BCUT2D eigenvalue weighted by Gasteiger charge is -2.01. The van der Waals surface area contributed by atoms with Crippen molar-refractivity contribution in [3.63, 3.8) is 0 Å². The maximum Gasteiger partial charge on any atom is 0.350 e. The minimum absolute atomic E-state index is 0.0423. The summed E-state index contributed by atoms with van der Waals surface area (Å²) in [5, 5.41) is 17.9. The molecule has 2 aromatic carbocycles. The van der Waals surface area contributed by atoms with Crippen LogP contribution in [-0.4, -0.2) is 38.2 Å². The van der Waals surface area contributed by atoms with Crippen LogP contribution < -0.4 is 5.32 Å². The molecule has 2 aromatic heterocycles. The monoisotopic (exact) mass is 463 g/mol. The van der Waals surface area contributed by atoms with E-state index in [9.17, 15) is 19.7 Å². The van der Waals surface area contributed by atoms with Crippen molar-refractivity contribution in [1.29, 1.82) is 0 Å². The SMILES string of the molecule is CCOC(=O)c1sc(NC(=O)c2ccn(-c3ccc([N+](=O)[O-])cc3)n2)nc1-c1ccccc1. The van der Waals surface area contributed by atoms with Gasteiger partial charge in [0, 0.05) is 23.9 Å². The summed E-state index contributed by atoms with van der Waals surface area (Å²) in [4.78, 5) is 40.2. The molecule has 0 radical (unpaired) electrons. The van der Waals surface area contributed by atoms with E-state index in [1.165, 1.54) is 35.0 Å². The van der Waals surface area contributed by atoms with Crippen molar-refractivity contribution in [2.45, 2.75) is 6.92 Å². The van der Waals surface area contributed by atoms with Gasteiger partial charge >= 0.3 is 5.97 Å². The number of nitro groups is 1. The van der Waals surface area contributed by atoms with E-state index in [2.05, 4.69) is 15.4 Å². The lowest BCUT2D eigenvalue weighted by atomic mass is 10.1. The molecule has 4 aromatic rings. The second-order valence-electron chi connectivity index (χ2n) is 6.66. The van der Waals surface area contributed by atoms with Crippen LogP contribution in [0.15, 0.2) is 66.9 Å². The largest absolute Gasteiger partial charge is 0.462 e. The zero-order valence-corrected chi connectivity index (χ0v) is 18.1. The normalized spacial score (nSPS) is 10.6. The predicted octanol–water partition coefficient (Wildman–Crippen LogP) is 4.33. The van der Waals surface area contributed by atoms with E-state index >= 15 is 0 Å². The number of rotatable bonds is 7. The number of ether oxygens (including phenoxy) is 1. The summed E-state index contributed by atoms with van der Waals surface area (Å²) in [5.41, 5.74) is 1.78. The van der Waals surface area contributed by atoms with Gasteiger partial charge in [-0.15, -0.1) is 0 Å². The number of anilines is 1. The summed E-state index contributed by atoms with van der Waals surface area (Å²) < 4.78 is 6.56. The topological polar surface area (TPSA) is 129 Å². The Bertz CT molecular complexity index is 1310. The number of amides is 1. The van der Waals surface area contributed by atoms with Crippen LogP contribution in [-0.2, 0) is 4.74 Å². The van der Waals surface area contributed by atoms with Crippen molar-refractivity contribution in [3.05, 3.63) is 87.5 Å². The maximum atomic E-state index is 12.7. The molecule has 33 heavy (non-hydrogen) atoms. The van der Waals surface area contributed by atoms with Crippen molar-refractivity contribution in [1.82, 2.24) is 14.8 Å². The maximum absolute atomic E-state index is 12.7. The summed E-state index contributed by atoms with van der Waals surface area (Å²) in [6.45, 7) is 1.93. The molecule has 10 nitrogen and oxygen atoms in total. The quantitative estimate of drug-likeness (QED) is 0.245.